The predicted molar refractivity (Wildman–Crippen MR) is 79.7 cm³/mol. The lowest BCUT2D eigenvalue weighted by Gasteiger charge is -2.33. The van der Waals surface area contributed by atoms with Crippen LogP contribution in [0.2, 0.25) is 0 Å². The lowest BCUT2D eigenvalue weighted by molar-refractivity contribution is 0.218. The fourth-order valence-electron chi connectivity index (χ4n) is 3.84. The predicted octanol–water partition coefficient (Wildman–Crippen LogP) is 4.62. The minimum atomic E-state index is 0.818. The van der Waals surface area contributed by atoms with Crippen molar-refractivity contribution in [1.82, 2.24) is 5.32 Å². The fraction of sp³-hybridized carbons (Fsp3) is 1.00. The molecular formula is C17H33N. The van der Waals surface area contributed by atoms with Crippen molar-refractivity contribution >= 4 is 0 Å². The topological polar surface area (TPSA) is 12.0 Å². The zero-order valence-electron chi connectivity index (χ0n) is 12.8. The first-order valence-corrected chi connectivity index (χ1v) is 8.38. The first-order valence-electron chi connectivity index (χ1n) is 8.38. The summed E-state index contributed by atoms with van der Waals surface area (Å²) in [6.07, 6.45) is 11.6. The van der Waals surface area contributed by atoms with Crippen LogP contribution in [0.25, 0.3) is 0 Å². The van der Waals surface area contributed by atoms with E-state index in [2.05, 4.69) is 26.1 Å². The van der Waals surface area contributed by atoms with Gasteiger partial charge in [-0.1, -0.05) is 46.5 Å². The van der Waals surface area contributed by atoms with Crippen molar-refractivity contribution in [3.63, 3.8) is 0 Å². The molecule has 0 amide bonds. The molecule has 3 atom stereocenters. The van der Waals surface area contributed by atoms with Crippen molar-refractivity contribution in [1.29, 1.82) is 0 Å². The van der Waals surface area contributed by atoms with Crippen LogP contribution >= 0.6 is 0 Å². The lowest BCUT2D eigenvalue weighted by Crippen LogP contribution is -2.37. The van der Waals surface area contributed by atoms with E-state index >= 15 is 0 Å². The molecule has 0 spiro atoms. The molecule has 0 saturated heterocycles. The van der Waals surface area contributed by atoms with Gasteiger partial charge in [-0.25, -0.2) is 0 Å². The molecule has 1 N–H and O–H groups in total. The Hall–Kier alpha value is -0.0400. The van der Waals surface area contributed by atoms with E-state index in [0.29, 0.717) is 0 Å². The summed E-state index contributed by atoms with van der Waals surface area (Å²) in [5, 5.41) is 3.83. The van der Waals surface area contributed by atoms with Crippen LogP contribution in [0, 0.1) is 23.7 Å². The summed E-state index contributed by atoms with van der Waals surface area (Å²) in [5.41, 5.74) is 0. The van der Waals surface area contributed by atoms with Crippen molar-refractivity contribution in [2.24, 2.45) is 23.7 Å². The van der Waals surface area contributed by atoms with E-state index in [-0.39, 0.29) is 0 Å². The molecule has 0 heterocycles. The van der Waals surface area contributed by atoms with Gasteiger partial charge in [-0.2, -0.15) is 0 Å². The van der Waals surface area contributed by atoms with Crippen LogP contribution in [0.3, 0.4) is 0 Å². The summed E-state index contributed by atoms with van der Waals surface area (Å²) in [6.45, 7) is 8.54. The number of hydrogen-bond donors (Lipinski definition) is 1. The average Bonchev–Trinajstić information content (AvgIpc) is 2.36. The molecule has 0 radical (unpaired) electrons. The van der Waals surface area contributed by atoms with Crippen LogP contribution in [0.1, 0.15) is 72.1 Å². The number of hydrogen-bond acceptors (Lipinski definition) is 1. The van der Waals surface area contributed by atoms with Crippen LogP contribution in [0.4, 0.5) is 0 Å². The third-order valence-electron chi connectivity index (χ3n) is 5.72. The molecule has 2 aliphatic rings. The molecule has 0 aromatic carbocycles. The average molecular weight is 251 g/mol. The number of rotatable bonds is 4. The highest BCUT2D eigenvalue weighted by Crippen LogP contribution is 2.31. The van der Waals surface area contributed by atoms with Crippen LogP contribution in [-0.2, 0) is 0 Å². The van der Waals surface area contributed by atoms with Gasteiger partial charge in [0.1, 0.15) is 0 Å². The van der Waals surface area contributed by atoms with Gasteiger partial charge in [0.2, 0.25) is 0 Å². The van der Waals surface area contributed by atoms with Crippen LogP contribution in [0.15, 0.2) is 0 Å². The zero-order chi connectivity index (χ0) is 13.0. The van der Waals surface area contributed by atoms with E-state index in [1.807, 2.05) is 0 Å². The van der Waals surface area contributed by atoms with Crippen LogP contribution in [0.5, 0.6) is 0 Å². The minimum absolute atomic E-state index is 0.818. The molecule has 2 aliphatic carbocycles. The zero-order valence-corrected chi connectivity index (χ0v) is 12.8. The van der Waals surface area contributed by atoms with E-state index < -0.39 is 0 Å². The van der Waals surface area contributed by atoms with Crippen molar-refractivity contribution in [3.05, 3.63) is 0 Å². The summed E-state index contributed by atoms with van der Waals surface area (Å²) in [7, 11) is 0. The van der Waals surface area contributed by atoms with E-state index in [1.54, 1.807) is 0 Å². The summed E-state index contributed by atoms with van der Waals surface area (Å²) >= 11 is 0. The molecule has 0 aromatic heterocycles. The fourth-order valence-corrected chi connectivity index (χ4v) is 3.84. The molecule has 2 rings (SSSR count). The Morgan fingerprint density at radius 1 is 0.833 bits per heavy atom. The normalized spacial score (nSPS) is 41.8. The summed E-state index contributed by atoms with van der Waals surface area (Å²) in [4.78, 5) is 0. The second-order valence-electron chi connectivity index (χ2n) is 7.33. The van der Waals surface area contributed by atoms with Gasteiger partial charge in [0.05, 0.1) is 0 Å². The highest BCUT2D eigenvalue weighted by atomic mass is 14.9. The maximum Gasteiger partial charge on any atom is 0.00698 e. The maximum atomic E-state index is 3.83. The molecule has 0 aliphatic heterocycles. The molecule has 1 heteroatoms. The van der Waals surface area contributed by atoms with Crippen molar-refractivity contribution < 1.29 is 0 Å². The summed E-state index contributed by atoms with van der Waals surface area (Å²) < 4.78 is 0. The van der Waals surface area contributed by atoms with Crippen LogP contribution in [-0.4, -0.2) is 12.6 Å². The van der Waals surface area contributed by atoms with E-state index in [1.165, 1.54) is 57.9 Å². The molecule has 2 saturated carbocycles. The Bertz CT molecular complexity index is 230. The van der Waals surface area contributed by atoms with Crippen molar-refractivity contribution in [2.45, 2.75) is 78.2 Å². The lowest BCUT2D eigenvalue weighted by atomic mass is 9.79. The van der Waals surface area contributed by atoms with Crippen molar-refractivity contribution in [2.75, 3.05) is 6.54 Å². The van der Waals surface area contributed by atoms with Gasteiger partial charge in [-0.3, -0.25) is 0 Å². The third-order valence-corrected chi connectivity index (χ3v) is 5.72. The second kappa shape index (κ2) is 6.93. The highest BCUT2D eigenvalue weighted by Gasteiger charge is 2.24. The minimum Gasteiger partial charge on any atom is -0.314 e. The van der Waals surface area contributed by atoms with Gasteiger partial charge >= 0.3 is 0 Å². The molecule has 1 nitrogen and oxygen atoms in total. The smallest absolute Gasteiger partial charge is 0.00698 e. The molecule has 0 aromatic rings. The molecule has 2 fully saturated rings. The Morgan fingerprint density at radius 2 is 1.56 bits per heavy atom. The number of nitrogens with one attached hydrogen (secondary N) is 1. The maximum absolute atomic E-state index is 3.83. The Morgan fingerprint density at radius 3 is 2.22 bits per heavy atom. The van der Waals surface area contributed by atoms with Gasteiger partial charge in [0, 0.05) is 6.04 Å². The van der Waals surface area contributed by atoms with E-state index in [0.717, 1.165) is 29.7 Å². The second-order valence-corrected chi connectivity index (χ2v) is 7.33. The van der Waals surface area contributed by atoms with Gasteiger partial charge < -0.3 is 5.32 Å². The summed E-state index contributed by atoms with van der Waals surface area (Å²) in [6, 6.07) is 0.818. The monoisotopic (exact) mass is 251 g/mol. The molecule has 18 heavy (non-hydrogen) atoms. The molecule has 3 unspecified atom stereocenters. The Labute approximate surface area is 114 Å². The van der Waals surface area contributed by atoms with Gasteiger partial charge in [-0.05, 0) is 55.9 Å². The molecule has 0 bridgehead atoms. The van der Waals surface area contributed by atoms with E-state index in [4.69, 9.17) is 0 Å². The summed E-state index contributed by atoms with van der Waals surface area (Å²) in [5.74, 6) is 3.89. The third kappa shape index (κ3) is 4.26. The van der Waals surface area contributed by atoms with Gasteiger partial charge in [-0.15, -0.1) is 0 Å². The van der Waals surface area contributed by atoms with Crippen molar-refractivity contribution in [3.8, 4) is 0 Å². The van der Waals surface area contributed by atoms with E-state index in [9.17, 15) is 0 Å². The SMILES string of the molecule is CC1CCC(CCNC2CCC(C)C(C)C2)CC1. The largest absolute Gasteiger partial charge is 0.314 e. The first kappa shape index (κ1) is 14.4. The van der Waals surface area contributed by atoms with Crippen LogP contribution < -0.4 is 5.32 Å². The Kier molecular flexibility index (Phi) is 5.54. The molecule has 106 valence electrons. The van der Waals surface area contributed by atoms with Gasteiger partial charge in [0.25, 0.3) is 0 Å². The molecular weight excluding hydrogens is 218 g/mol. The standard InChI is InChI=1S/C17H33N/c1-13-4-7-16(8-5-13)10-11-18-17-9-6-14(2)15(3)12-17/h13-18H,4-12H2,1-3H3. The highest BCUT2D eigenvalue weighted by molar-refractivity contribution is 4.80. The first-order chi connectivity index (χ1) is 8.65. The van der Waals surface area contributed by atoms with Gasteiger partial charge in [0.15, 0.2) is 0 Å². The Balaban J connectivity index is 1.58. The quantitative estimate of drug-likeness (QED) is 0.769.